The summed E-state index contributed by atoms with van der Waals surface area (Å²) in [6.45, 7) is 4.68. The summed E-state index contributed by atoms with van der Waals surface area (Å²) in [6.07, 6.45) is 7.14. The summed E-state index contributed by atoms with van der Waals surface area (Å²) in [5, 5.41) is 1.23. The zero-order valence-corrected chi connectivity index (χ0v) is 9.28. The van der Waals surface area contributed by atoms with Crippen molar-refractivity contribution in [3.05, 3.63) is 0 Å². The van der Waals surface area contributed by atoms with Crippen molar-refractivity contribution in [2.75, 3.05) is 5.33 Å². The van der Waals surface area contributed by atoms with Gasteiger partial charge in [-0.3, -0.25) is 0 Å². The summed E-state index contributed by atoms with van der Waals surface area (Å²) in [4.78, 5) is 0. The Bertz CT molecular complexity index is 116. The molecule has 0 amide bonds. The number of halogens is 1. The summed E-state index contributed by atoms with van der Waals surface area (Å²) in [5.41, 5.74) is 0.731. The van der Waals surface area contributed by atoms with Crippen molar-refractivity contribution in [2.45, 2.75) is 46.0 Å². The molecule has 0 saturated heterocycles. The van der Waals surface area contributed by atoms with E-state index in [0.29, 0.717) is 0 Å². The van der Waals surface area contributed by atoms with Crippen molar-refractivity contribution in [1.29, 1.82) is 0 Å². The van der Waals surface area contributed by atoms with Crippen LogP contribution in [0.1, 0.15) is 46.0 Å². The fraction of sp³-hybridized carbons (Fsp3) is 1.00. The van der Waals surface area contributed by atoms with Crippen LogP contribution in [0.2, 0.25) is 0 Å². The summed E-state index contributed by atoms with van der Waals surface area (Å²) in [6, 6.07) is 0. The van der Waals surface area contributed by atoms with Gasteiger partial charge in [0.2, 0.25) is 0 Å². The van der Waals surface area contributed by atoms with E-state index < -0.39 is 0 Å². The van der Waals surface area contributed by atoms with Crippen LogP contribution in [0.3, 0.4) is 0 Å². The highest BCUT2D eigenvalue weighted by Crippen LogP contribution is 2.52. The molecule has 0 nitrogen and oxygen atoms in total. The van der Waals surface area contributed by atoms with Crippen LogP contribution in [-0.4, -0.2) is 5.33 Å². The van der Waals surface area contributed by atoms with E-state index in [2.05, 4.69) is 29.8 Å². The van der Waals surface area contributed by atoms with Crippen LogP contribution in [0, 0.1) is 11.3 Å². The third-order valence-corrected chi connectivity index (χ3v) is 3.99. The highest BCUT2D eigenvalue weighted by molar-refractivity contribution is 9.09. The molecule has 0 bridgehead atoms. The molecule has 1 unspecified atom stereocenters. The molecule has 1 rings (SSSR count). The molecular weight excluding hydrogens is 200 g/mol. The molecule has 0 heterocycles. The van der Waals surface area contributed by atoms with Crippen molar-refractivity contribution in [2.24, 2.45) is 11.3 Å². The lowest BCUT2D eigenvalue weighted by molar-refractivity contribution is 0.383. The quantitative estimate of drug-likeness (QED) is 0.613. The van der Waals surface area contributed by atoms with E-state index >= 15 is 0 Å². The Hall–Kier alpha value is 0.480. The average molecular weight is 219 g/mol. The maximum absolute atomic E-state index is 3.61. The van der Waals surface area contributed by atoms with E-state index in [-0.39, 0.29) is 0 Å². The molecule has 0 aromatic carbocycles. The molecule has 1 aliphatic rings. The molecule has 66 valence electrons. The second-order valence-corrected chi connectivity index (χ2v) is 4.79. The van der Waals surface area contributed by atoms with Crippen LogP contribution in [0.4, 0.5) is 0 Å². The van der Waals surface area contributed by atoms with E-state index in [1.807, 2.05) is 0 Å². The van der Waals surface area contributed by atoms with E-state index in [4.69, 9.17) is 0 Å². The van der Waals surface area contributed by atoms with Gasteiger partial charge in [-0.15, -0.1) is 0 Å². The SMILES string of the molecule is CCCC(C)CC1(CBr)CC1. The first kappa shape index (κ1) is 9.57. The molecule has 1 saturated carbocycles. The Morgan fingerprint density at radius 3 is 2.45 bits per heavy atom. The monoisotopic (exact) mass is 218 g/mol. The predicted molar refractivity (Wildman–Crippen MR) is 54.2 cm³/mol. The highest BCUT2D eigenvalue weighted by atomic mass is 79.9. The maximum Gasteiger partial charge on any atom is 0.00880 e. The molecule has 1 aliphatic carbocycles. The zero-order chi connectivity index (χ0) is 8.32. The summed E-state index contributed by atoms with van der Waals surface area (Å²) < 4.78 is 0. The van der Waals surface area contributed by atoms with Crippen molar-refractivity contribution < 1.29 is 0 Å². The molecule has 1 atom stereocenters. The third-order valence-electron chi connectivity index (χ3n) is 2.80. The minimum absolute atomic E-state index is 0.731. The summed E-state index contributed by atoms with van der Waals surface area (Å²) in [7, 11) is 0. The van der Waals surface area contributed by atoms with Crippen LogP contribution in [0.15, 0.2) is 0 Å². The molecule has 0 spiro atoms. The van der Waals surface area contributed by atoms with Crippen molar-refractivity contribution in [1.82, 2.24) is 0 Å². The van der Waals surface area contributed by atoms with Gasteiger partial charge in [0.15, 0.2) is 0 Å². The smallest absolute Gasteiger partial charge is 0.00880 e. The van der Waals surface area contributed by atoms with Crippen LogP contribution >= 0.6 is 15.9 Å². The van der Waals surface area contributed by atoms with Crippen molar-refractivity contribution in [3.8, 4) is 0 Å². The first-order chi connectivity index (χ1) is 5.22. The normalized spacial score (nSPS) is 23.2. The lowest BCUT2D eigenvalue weighted by Gasteiger charge is -2.16. The van der Waals surface area contributed by atoms with Gasteiger partial charge >= 0.3 is 0 Å². The fourth-order valence-corrected chi connectivity index (χ4v) is 2.69. The highest BCUT2D eigenvalue weighted by Gasteiger charge is 2.41. The largest absolute Gasteiger partial charge is 0.0922 e. The molecule has 0 aromatic rings. The van der Waals surface area contributed by atoms with Gasteiger partial charge in [0.1, 0.15) is 0 Å². The van der Waals surface area contributed by atoms with Gasteiger partial charge < -0.3 is 0 Å². The molecule has 0 radical (unpaired) electrons. The second-order valence-electron chi connectivity index (χ2n) is 4.23. The van der Waals surface area contributed by atoms with Crippen LogP contribution in [-0.2, 0) is 0 Å². The van der Waals surface area contributed by atoms with E-state index in [9.17, 15) is 0 Å². The zero-order valence-electron chi connectivity index (χ0n) is 7.70. The van der Waals surface area contributed by atoms with Crippen LogP contribution in [0.5, 0.6) is 0 Å². The molecule has 11 heavy (non-hydrogen) atoms. The molecule has 0 N–H and O–H groups in total. The molecule has 0 aromatic heterocycles. The molecule has 0 aliphatic heterocycles. The van der Waals surface area contributed by atoms with Crippen LogP contribution < -0.4 is 0 Å². The Labute approximate surface area is 78.9 Å². The Balaban J connectivity index is 2.18. The van der Waals surface area contributed by atoms with Gasteiger partial charge in [0.05, 0.1) is 0 Å². The molecule has 1 fully saturated rings. The molecule has 1 heteroatoms. The lowest BCUT2D eigenvalue weighted by Crippen LogP contribution is -2.08. The predicted octanol–water partition coefficient (Wildman–Crippen LogP) is 3.99. The van der Waals surface area contributed by atoms with Gasteiger partial charge in [-0.05, 0) is 30.6 Å². The van der Waals surface area contributed by atoms with Crippen molar-refractivity contribution >= 4 is 15.9 Å². The topological polar surface area (TPSA) is 0 Å². The molecular formula is C10H19Br. The number of hydrogen-bond acceptors (Lipinski definition) is 0. The fourth-order valence-electron chi connectivity index (χ4n) is 1.90. The van der Waals surface area contributed by atoms with Crippen molar-refractivity contribution in [3.63, 3.8) is 0 Å². The maximum atomic E-state index is 3.61. The number of hydrogen-bond donors (Lipinski definition) is 0. The van der Waals surface area contributed by atoms with Gasteiger partial charge in [0, 0.05) is 5.33 Å². The van der Waals surface area contributed by atoms with Gasteiger partial charge in [-0.1, -0.05) is 42.6 Å². The minimum Gasteiger partial charge on any atom is -0.0922 e. The van der Waals surface area contributed by atoms with Gasteiger partial charge in [-0.2, -0.15) is 0 Å². The van der Waals surface area contributed by atoms with E-state index in [1.165, 1.54) is 37.4 Å². The number of rotatable bonds is 5. The Morgan fingerprint density at radius 1 is 1.45 bits per heavy atom. The summed E-state index contributed by atoms with van der Waals surface area (Å²) >= 11 is 3.61. The number of alkyl halides is 1. The van der Waals surface area contributed by atoms with E-state index in [1.54, 1.807) is 0 Å². The standard InChI is InChI=1S/C10H19Br/c1-3-4-9(2)7-10(8-11)5-6-10/h9H,3-8H2,1-2H3. The van der Waals surface area contributed by atoms with Crippen LogP contribution in [0.25, 0.3) is 0 Å². The van der Waals surface area contributed by atoms with E-state index in [0.717, 1.165) is 11.3 Å². The van der Waals surface area contributed by atoms with Gasteiger partial charge in [-0.25, -0.2) is 0 Å². The first-order valence-electron chi connectivity index (χ1n) is 4.78. The Kier molecular flexibility index (Phi) is 3.42. The average Bonchev–Trinajstić information content (AvgIpc) is 2.70. The third kappa shape index (κ3) is 2.77. The van der Waals surface area contributed by atoms with Gasteiger partial charge in [0.25, 0.3) is 0 Å². The Morgan fingerprint density at radius 2 is 2.09 bits per heavy atom. The summed E-state index contributed by atoms with van der Waals surface area (Å²) in [5.74, 6) is 0.944. The first-order valence-corrected chi connectivity index (χ1v) is 5.90. The second kappa shape index (κ2) is 3.93. The lowest BCUT2D eigenvalue weighted by atomic mass is 9.92. The minimum atomic E-state index is 0.731.